The van der Waals surface area contributed by atoms with E-state index in [1.807, 2.05) is 19.1 Å². The number of ether oxygens (including phenoxy) is 1. The van der Waals surface area contributed by atoms with Crippen LogP contribution in [0.15, 0.2) is 21.9 Å². The Bertz CT molecular complexity index is 704. The van der Waals surface area contributed by atoms with E-state index in [-0.39, 0.29) is 0 Å². The number of aromatic nitrogens is 3. The van der Waals surface area contributed by atoms with Crippen molar-refractivity contribution < 1.29 is 9.15 Å². The zero-order valence-corrected chi connectivity index (χ0v) is 12.5. The summed E-state index contributed by atoms with van der Waals surface area (Å²) in [4.78, 5) is 2.01. The normalized spacial score (nSPS) is 10.7. The van der Waals surface area contributed by atoms with Crippen molar-refractivity contribution in [3.05, 3.63) is 28.0 Å². The second kappa shape index (κ2) is 5.59. The van der Waals surface area contributed by atoms with Crippen LogP contribution in [-0.2, 0) is 6.54 Å². The van der Waals surface area contributed by atoms with Crippen LogP contribution >= 0.6 is 22.9 Å². The molecule has 8 heteroatoms. The zero-order valence-electron chi connectivity index (χ0n) is 10.9. The Morgan fingerprint density at radius 1 is 1.35 bits per heavy atom. The van der Waals surface area contributed by atoms with Gasteiger partial charge in [0, 0.05) is 10.9 Å². The molecule has 0 aliphatic heterocycles. The van der Waals surface area contributed by atoms with Crippen molar-refractivity contribution in [2.45, 2.75) is 13.5 Å². The second-order valence-corrected chi connectivity index (χ2v) is 5.89. The highest BCUT2D eigenvalue weighted by Crippen LogP contribution is 2.27. The van der Waals surface area contributed by atoms with Gasteiger partial charge >= 0.3 is 6.01 Å². The molecule has 0 radical (unpaired) electrons. The number of methoxy groups -OCH3 is 1. The van der Waals surface area contributed by atoms with Gasteiger partial charge in [-0.15, -0.1) is 16.4 Å². The minimum absolute atomic E-state index is 0.401. The van der Waals surface area contributed by atoms with Gasteiger partial charge in [0.25, 0.3) is 5.89 Å². The lowest BCUT2D eigenvalue weighted by Crippen LogP contribution is -1.97. The molecule has 0 unspecified atom stereocenters. The summed E-state index contributed by atoms with van der Waals surface area (Å²) in [6, 6.07) is 4.30. The minimum Gasteiger partial charge on any atom is -0.480 e. The molecule has 20 heavy (non-hydrogen) atoms. The molecule has 0 aliphatic rings. The number of rotatable bonds is 5. The van der Waals surface area contributed by atoms with Gasteiger partial charge in [-0.3, -0.25) is 0 Å². The lowest BCUT2D eigenvalue weighted by atomic mass is 10.3. The Balaban J connectivity index is 1.65. The molecule has 0 amide bonds. The average Bonchev–Trinajstić information content (AvgIpc) is 3.16. The third-order valence-corrected chi connectivity index (χ3v) is 4.33. The first-order valence-electron chi connectivity index (χ1n) is 5.87. The van der Waals surface area contributed by atoms with Gasteiger partial charge in [-0.2, -0.15) is 4.37 Å². The van der Waals surface area contributed by atoms with Crippen LogP contribution in [0.4, 0.5) is 6.01 Å². The molecule has 0 bridgehead atoms. The molecular formula is C12H12N4O2S2. The van der Waals surface area contributed by atoms with Crippen molar-refractivity contribution in [3.63, 3.8) is 0 Å². The summed E-state index contributed by atoms with van der Waals surface area (Å²) in [5, 5.41) is 13.1. The summed E-state index contributed by atoms with van der Waals surface area (Å²) in [6.07, 6.45) is 0. The predicted molar refractivity (Wildman–Crippen MR) is 78.3 cm³/mol. The van der Waals surface area contributed by atoms with Crippen molar-refractivity contribution in [3.8, 4) is 16.6 Å². The smallest absolute Gasteiger partial charge is 0.316 e. The fourth-order valence-corrected chi connectivity index (χ4v) is 3.02. The molecule has 3 rings (SSSR count). The van der Waals surface area contributed by atoms with Crippen molar-refractivity contribution in [2.24, 2.45) is 0 Å². The van der Waals surface area contributed by atoms with Gasteiger partial charge < -0.3 is 14.5 Å². The molecule has 0 saturated carbocycles. The van der Waals surface area contributed by atoms with Crippen LogP contribution in [0.2, 0.25) is 0 Å². The number of nitrogens with zero attached hydrogens (tertiary/aromatic N) is 3. The van der Waals surface area contributed by atoms with E-state index in [2.05, 4.69) is 25.3 Å². The van der Waals surface area contributed by atoms with Gasteiger partial charge in [-0.1, -0.05) is 5.10 Å². The molecule has 3 heterocycles. The molecule has 3 aromatic heterocycles. The van der Waals surface area contributed by atoms with E-state index in [4.69, 9.17) is 9.15 Å². The molecule has 0 saturated heterocycles. The number of anilines is 1. The molecule has 0 atom stereocenters. The van der Waals surface area contributed by atoms with Crippen LogP contribution in [-0.4, -0.2) is 21.7 Å². The maximum atomic E-state index is 5.57. The van der Waals surface area contributed by atoms with Gasteiger partial charge in [-0.25, -0.2) is 0 Å². The summed E-state index contributed by atoms with van der Waals surface area (Å²) in [6.45, 7) is 2.61. The maximum Gasteiger partial charge on any atom is 0.316 e. The number of hydrogen-bond donors (Lipinski definition) is 1. The highest BCUT2D eigenvalue weighted by atomic mass is 32.1. The fourth-order valence-electron chi connectivity index (χ4n) is 1.57. The fraction of sp³-hybridized carbons (Fsp3) is 0.250. The number of nitrogens with one attached hydrogen (secondary N) is 1. The van der Waals surface area contributed by atoms with Gasteiger partial charge in [0.2, 0.25) is 5.88 Å². The lowest BCUT2D eigenvalue weighted by Gasteiger charge is -1.96. The Kier molecular flexibility index (Phi) is 3.66. The highest BCUT2D eigenvalue weighted by molar-refractivity contribution is 7.13. The van der Waals surface area contributed by atoms with Crippen LogP contribution < -0.4 is 10.1 Å². The van der Waals surface area contributed by atoms with Crippen molar-refractivity contribution in [1.29, 1.82) is 0 Å². The predicted octanol–water partition coefficient (Wildman–Crippen LogP) is 3.18. The van der Waals surface area contributed by atoms with Crippen LogP contribution in [0.25, 0.3) is 10.8 Å². The Morgan fingerprint density at radius 3 is 2.95 bits per heavy atom. The molecule has 104 valence electrons. The van der Waals surface area contributed by atoms with Gasteiger partial charge in [0.15, 0.2) is 0 Å². The van der Waals surface area contributed by atoms with Crippen LogP contribution in [0, 0.1) is 6.92 Å². The maximum absolute atomic E-state index is 5.57. The van der Waals surface area contributed by atoms with Gasteiger partial charge in [0.05, 0.1) is 18.5 Å². The Hall–Kier alpha value is -1.93. The largest absolute Gasteiger partial charge is 0.480 e. The molecule has 1 N–H and O–H groups in total. The molecule has 0 spiro atoms. The number of thiophene rings is 1. The molecule has 3 aromatic rings. The van der Waals surface area contributed by atoms with E-state index in [0.29, 0.717) is 24.3 Å². The van der Waals surface area contributed by atoms with Crippen molar-refractivity contribution in [1.82, 2.24) is 14.6 Å². The van der Waals surface area contributed by atoms with Crippen molar-refractivity contribution >= 4 is 28.9 Å². The quantitative estimate of drug-likeness (QED) is 0.780. The Morgan fingerprint density at radius 2 is 2.25 bits per heavy atom. The van der Waals surface area contributed by atoms with E-state index in [9.17, 15) is 0 Å². The molecule has 0 aliphatic carbocycles. The van der Waals surface area contributed by atoms with E-state index in [0.717, 1.165) is 9.75 Å². The summed E-state index contributed by atoms with van der Waals surface area (Å²) < 4.78 is 14.7. The van der Waals surface area contributed by atoms with Crippen LogP contribution in [0.3, 0.4) is 0 Å². The Labute approximate surface area is 123 Å². The molecule has 6 nitrogen and oxygen atoms in total. The van der Waals surface area contributed by atoms with E-state index < -0.39 is 0 Å². The zero-order chi connectivity index (χ0) is 13.9. The van der Waals surface area contributed by atoms with Crippen molar-refractivity contribution in [2.75, 3.05) is 12.4 Å². The summed E-state index contributed by atoms with van der Waals surface area (Å²) in [5.74, 6) is 1.15. The first kappa shape index (κ1) is 13.1. The number of hydrogen-bond acceptors (Lipinski definition) is 8. The second-order valence-electron chi connectivity index (χ2n) is 4.09. The third-order valence-electron chi connectivity index (χ3n) is 2.53. The van der Waals surface area contributed by atoms with Gasteiger partial charge in [-0.05, 0) is 35.5 Å². The molecule has 0 fully saturated rings. The highest BCUT2D eigenvalue weighted by Gasteiger charge is 2.10. The molecule has 0 aromatic carbocycles. The standard InChI is InChI=1S/C12H12N4O2S2/c1-7-3-9(19-6-7)11-14-15-12(18-11)13-5-8-4-10(17-2)16-20-8/h3-4,6H,5H2,1-2H3,(H,13,15). The van der Waals surface area contributed by atoms with E-state index in [1.165, 1.54) is 17.1 Å². The first-order chi connectivity index (χ1) is 9.74. The minimum atomic E-state index is 0.401. The topological polar surface area (TPSA) is 73.1 Å². The first-order valence-corrected chi connectivity index (χ1v) is 7.52. The van der Waals surface area contributed by atoms with E-state index >= 15 is 0 Å². The summed E-state index contributed by atoms with van der Waals surface area (Å²) in [5.41, 5.74) is 1.19. The lowest BCUT2D eigenvalue weighted by molar-refractivity contribution is 0.402. The average molecular weight is 308 g/mol. The van der Waals surface area contributed by atoms with E-state index in [1.54, 1.807) is 18.4 Å². The molecular weight excluding hydrogens is 296 g/mol. The van der Waals surface area contributed by atoms with Crippen LogP contribution in [0.1, 0.15) is 10.4 Å². The summed E-state index contributed by atoms with van der Waals surface area (Å²) in [7, 11) is 1.60. The summed E-state index contributed by atoms with van der Waals surface area (Å²) >= 11 is 2.96. The SMILES string of the molecule is COc1cc(CNc2nnc(-c3cc(C)cs3)o2)sn1. The number of aryl methyl sites for hydroxylation is 1. The monoisotopic (exact) mass is 308 g/mol. The van der Waals surface area contributed by atoms with Crippen LogP contribution in [0.5, 0.6) is 5.88 Å². The third kappa shape index (κ3) is 2.81. The van der Waals surface area contributed by atoms with Gasteiger partial charge in [0.1, 0.15) is 0 Å².